The van der Waals surface area contributed by atoms with Crippen LogP contribution in [0.4, 0.5) is 0 Å². The molecule has 0 aliphatic carbocycles. The summed E-state index contributed by atoms with van der Waals surface area (Å²) in [5, 5.41) is 0. The van der Waals surface area contributed by atoms with Gasteiger partial charge >= 0.3 is 0 Å². The van der Waals surface area contributed by atoms with Gasteiger partial charge in [0.1, 0.15) is 11.4 Å². The van der Waals surface area contributed by atoms with Crippen LogP contribution in [0.5, 0.6) is 0 Å². The zero-order valence-corrected chi connectivity index (χ0v) is 13.8. The summed E-state index contributed by atoms with van der Waals surface area (Å²) in [7, 11) is 0. The highest BCUT2D eigenvalue weighted by molar-refractivity contribution is 5.67. The molecule has 0 aliphatic heterocycles. The lowest BCUT2D eigenvalue weighted by atomic mass is 10.1. The van der Waals surface area contributed by atoms with Crippen LogP contribution in [0.2, 0.25) is 0 Å². The minimum Gasteiger partial charge on any atom is -0.235 e. The lowest BCUT2D eigenvalue weighted by Crippen LogP contribution is -1.99. The van der Waals surface area contributed by atoms with Crippen molar-refractivity contribution in [3.05, 3.63) is 79.4 Å². The van der Waals surface area contributed by atoms with Gasteiger partial charge in [-0.2, -0.15) is 0 Å². The van der Waals surface area contributed by atoms with E-state index in [1.54, 1.807) is 49.1 Å². The number of hydrogen-bond acceptors (Lipinski definition) is 6. The van der Waals surface area contributed by atoms with Gasteiger partial charge in [0.05, 0.1) is 0 Å². The summed E-state index contributed by atoms with van der Waals surface area (Å²) in [5.41, 5.74) is 3.14. The Bertz CT molecular complexity index is 973. The Kier molecular flexibility index (Phi) is 4.22. The van der Waals surface area contributed by atoms with Gasteiger partial charge in [-0.05, 0) is 23.8 Å². The number of benzene rings is 1. The molecule has 6 nitrogen and oxygen atoms in total. The zero-order valence-electron chi connectivity index (χ0n) is 13.8. The van der Waals surface area contributed by atoms with E-state index in [-0.39, 0.29) is 0 Å². The van der Waals surface area contributed by atoms with Gasteiger partial charge in [-0.15, -0.1) is 0 Å². The molecule has 1 aromatic carbocycles. The first-order valence-electron chi connectivity index (χ1n) is 8.00. The van der Waals surface area contributed by atoms with Crippen molar-refractivity contribution in [3.63, 3.8) is 0 Å². The molecule has 0 saturated heterocycles. The molecule has 4 rings (SSSR count). The number of aromatic nitrogens is 6. The third-order valence-electron chi connectivity index (χ3n) is 3.72. The van der Waals surface area contributed by atoms with Crippen LogP contribution in [-0.4, -0.2) is 29.9 Å². The van der Waals surface area contributed by atoms with Crippen molar-refractivity contribution in [2.45, 2.75) is 0 Å². The Morgan fingerprint density at radius 1 is 0.654 bits per heavy atom. The topological polar surface area (TPSA) is 77.3 Å². The molecular formula is C20H14N6. The van der Waals surface area contributed by atoms with E-state index in [1.807, 2.05) is 24.3 Å². The van der Waals surface area contributed by atoms with Gasteiger partial charge in [0.15, 0.2) is 17.5 Å². The van der Waals surface area contributed by atoms with Crippen LogP contribution in [0, 0.1) is 0 Å². The third-order valence-corrected chi connectivity index (χ3v) is 3.72. The molecule has 0 fully saturated rings. The van der Waals surface area contributed by atoms with Gasteiger partial charge in [0.2, 0.25) is 0 Å². The van der Waals surface area contributed by atoms with Crippen LogP contribution < -0.4 is 0 Å². The smallest absolute Gasteiger partial charge is 0.178 e. The van der Waals surface area contributed by atoms with E-state index in [0.717, 1.165) is 11.1 Å². The minimum atomic E-state index is 0.524. The number of rotatable bonds is 4. The molecule has 124 valence electrons. The lowest BCUT2D eigenvalue weighted by Gasteiger charge is -2.07. The van der Waals surface area contributed by atoms with E-state index in [9.17, 15) is 0 Å². The molecule has 4 aromatic rings. The van der Waals surface area contributed by atoms with Crippen LogP contribution in [0.3, 0.4) is 0 Å². The van der Waals surface area contributed by atoms with Crippen LogP contribution in [-0.2, 0) is 0 Å². The highest BCUT2D eigenvalue weighted by Gasteiger charge is 2.13. The normalized spacial score (nSPS) is 10.5. The standard InChI is InChI=1S/C20H14N6/c1-2-14-5-7-15(8-6-14)18-25-16(19-21-9-3-10-22-19)13-17(26-18)20-23-11-4-12-24-20/h2-13H,1H2. The Morgan fingerprint density at radius 2 is 1.15 bits per heavy atom. The number of nitrogens with zero attached hydrogens (tertiary/aromatic N) is 6. The second-order valence-corrected chi connectivity index (χ2v) is 5.43. The average Bonchev–Trinajstić information content (AvgIpc) is 2.75. The van der Waals surface area contributed by atoms with Gasteiger partial charge in [-0.3, -0.25) is 0 Å². The SMILES string of the molecule is C=Cc1ccc(-c2nc(-c3ncccn3)cc(-c3ncccn3)n2)cc1. The summed E-state index contributed by atoms with van der Waals surface area (Å²) < 4.78 is 0. The molecule has 0 amide bonds. The van der Waals surface area contributed by atoms with E-state index in [0.29, 0.717) is 28.9 Å². The number of hydrogen-bond donors (Lipinski definition) is 0. The highest BCUT2D eigenvalue weighted by atomic mass is 15.0. The van der Waals surface area contributed by atoms with E-state index >= 15 is 0 Å². The quantitative estimate of drug-likeness (QED) is 0.564. The Balaban J connectivity index is 1.88. The first-order chi connectivity index (χ1) is 12.8. The molecule has 0 saturated carbocycles. The molecule has 26 heavy (non-hydrogen) atoms. The molecule has 0 aliphatic rings. The Morgan fingerprint density at radius 3 is 1.62 bits per heavy atom. The van der Waals surface area contributed by atoms with Gasteiger partial charge in [0, 0.05) is 30.4 Å². The second kappa shape index (κ2) is 6.98. The third kappa shape index (κ3) is 3.21. The minimum absolute atomic E-state index is 0.524. The van der Waals surface area contributed by atoms with Crippen LogP contribution in [0.15, 0.2) is 73.8 Å². The Labute approximate surface area is 150 Å². The molecule has 0 radical (unpaired) electrons. The predicted molar refractivity (Wildman–Crippen MR) is 99.6 cm³/mol. The fourth-order valence-electron chi connectivity index (χ4n) is 2.44. The van der Waals surface area contributed by atoms with Gasteiger partial charge in [-0.1, -0.05) is 36.9 Å². The monoisotopic (exact) mass is 338 g/mol. The van der Waals surface area contributed by atoms with Crippen LogP contribution in [0.25, 0.3) is 40.5 Å². The first-order valence-corrected chi connectivity index (χ1v) is 8.00. The molecule has 3 heterocycles. The van der Waals surface area contributed by atoms with E-state index in [2.05, 4.69) is 36.5 Å². The largest absolute Gasteiger partial charge is 0.235 e. The summed E-state index contributed by atoms with van der Waals surface area (Å²) in [6, 6.07) is 13.2. The van der Waals surface area contributed by atoms with E-state index < -0.39 is 0 Å². The summed E-state index contributed by atoms with van der Waals surface area (Å²) >= 11 is 0. The second-order valence-electron chi connectivity index (χ2n) is 5.43. The van der Waals surface area contributed by atoms with Gasteiger partial charge < -0.3 is 0 Å². The molecule has 0 atom stereocenters. The summed E-state index contributed by atoms with van der Waals surface area (Å²) in [5.74, 6) is 1.61. The Hall–Kier alpha value is -3.80. The summed E-state index contributed by atoms with van der Waals surface area (Å²) in [6.45, 7) is 3.78. The van der Waals surface area contributed by atoms with Crippen molar-refractivity contribution in [2.75, 3.05) is 0 Å². The van der Waals surface area contributed by atoms with Gasteiger partial charge in [0.25, 0.3) is 0 Å². The molecule has 3 aromatic heterocycles. The molecule has 0 spiro atoms. The average molecular weight is 338 g/mol. The summed E-state index contributed by atoms with van der Waals surface area (Å²) in [4.78, 5) is 26.4. The van der Waals surface area contributed by atoms with Gasteiger partial charge in [-0.25, -0.2) is 29.9 Å². The van der Waals surface area contributed by atoms with Crippen molar-refractivity contribution in [1.82, 2.24) is 29.9 Å². The lowest BCUT2D eigenvalue weighted by molar-refractivity contribution is 1.08. The van der Waals surface area contributed by atoms with E-state index in [4.69, 9.17) is 0 Å². The van der Waals surface area contributed by atoms with E-state index in [1.165, 1.54) is 0 Å². The maximum atomic E-state index is 4.64. The fourth-order valence-corrected chi connectivity index (χ4v) is 2.44. The molecular weight excluding hydrogens is 324 g/mol. The van der Waals surface area contributed by atoms with Crippen molar-refractivity contribution in [3.8, 4) is 34.4 Å². The predicted octanol–water partition coefficient (Wildman–Crippen LogP) is 3.70. The molecule has 0 unspecified atom stereocenters. The fraction of sp³-hybridized carbons (Fsp3) is 0. The molecule has 6 heteroatoms. The highest BCUT2D eigenvalue weighted by Crippen LogP contribution is 2.24. The van der Waals surface area contributed by atoms with Crippen LogP contribution in [0.1, 0.15) is 5.56 Å². The van der Waals surface area contributed by atoms with Crippen LogP contribution >= 0.6 is 0 Å². The maximum absolute atomic E-state index is 4.64. The molecule has 0 bridgehead atoms. The first kappa shape index (κ1) is 15.7. The zero-order chi connectivity index (χ0) is 17.8. The summed E-state index contributed by atoms with van der Waals surface area (Å²) in [6.07, 6.45) is 8.52. The van der Waals surface area contributed by atoms with Crippen molar-refractivity contribution >= 4 is 6.08 Å². The maximum Gasteiger partial charge on any atom is 0.178 e. The molecule has 0 N–H and O–H groups in total. The van der Waals surface area contributed by atoms with Crippen molar-refractivity contribution in [1.29, 1.82) is 0 Å². The van der Waals surface area contributed by atoms with Crippen molar-refractivity contribution < 1.29 is 0 Å². The van der Waals surface area contributed by atoms with Crippen molar-refractivity contribution in [2.24, 2.45) is 0 Å².